The smallest absolute Gasteiger partial charge is 0.316 e. The van der Waals surface area contributed by atoms with Crippen LogP contribution in [0, 0.1) is 11.3 Å². The van der Waals surface area contributed by atoms with Gasteiger partial charge in [-0.25, -0.2) is 5.43 Å². The van der Waals surface area contributed by atoms with E-state index in [4.69, 9.17) is 20.2 Å². The van der Waals surface area contributed by atoms with Gasteiger partial charge in [-0.1, -0.05) is 44.2 Å². The molecule has 0 bridgehead atoms. The Morgan fingerprint density at radius 2 is 1.87 bits per heavy atom. The number of fused-ring (bicyclic) bond motifs is 1. The number of esters is 1. The molecule has 2 saturated heterocycles. The van der Waals surface area contributed by atoms with Crippen molar-refractivity contribution in [2.45, 2.75) is 104 Å². The summed E-state index contributed by atoms with van der Waals surface area (Å²) in [5, 5.41) is 5.11. The quantitative estimate of drug-likeness (QED) is 0.329. The van der Waals surface area contributed by atoms with Crippen LogP contribution in [0.5, 0.6) is 0 Å². The number of nitrogens with one attached hydrogen (secondary N) is 2. The number of Topliss-reactive ketones (excluding diaryl/α,β-unsaturated/α-hetero) is 1. The molecule has 4 N–H and O–H groups in total. The molecule has 11 heteroatoms. The predicted octanol–water partition coefficient (Wildman–Crippen LogP) is 4.00. The number of hydrazine groups is 1. The second kappa shape index (κ2) is 14.4. The number of carbonyl (C=O) groups excluding carboxylic acids is 4. The lowest BCUT2D eigenvalue weighted by Crippen LogP contribution is -2.59. The summed E-state index contributed by atoms with van der Waals surface area (Å²) in [6.45, 7) is 13.2. The summed E-state index contributed by atoms with van der Waals surface area (Å²) in [5.74, 6) is -1.85. The number of rotatable bonds is 10. The van der Waals surface area contributed by atoms with E-state index in [-0.39, 0.29) is 23.7 Å². The van der Waals surface area contributed by atoms with Crippen molar-refractivity contribution in [1.82, 2.24) is 20.7 Å². The summed E-state index contributed by atoms with van der Waals surface area (Å²) in [6, 6.07) is 8.29. The van der Waals surface area contributed by atoms with Crippen LogP contribution in [0.4, 0.5) is 0 Å². The van der Waals surface area contributed by atoms with Gasteiger partial charge < -0.3 is 20.5 Å². The van der Waals surface area contributed by atoms with Crippen LogP contribution in [-0.4, -0.2) is 70.5 Å². The van der Waals surface area contributed by atoms with Crippen molar-refractivity contribution in [2.75, 3.05) is 13.2 Å². The molecule has 0 aliphatic carbocycles. The first-order valence-corrected chi connectivity index (χ1v) is 16.2. The third-order valence-electron chi connectivity index (χ3n) is 8.76. The van der Waals surface area contributed by atoms with Crippen molar-refractivity contribution >= 4 is 40.5 Å². The summed E-state index contributed by atoms with van der Waals surface area (Å²) in [5.41, 5.74) is 9.81. The first kappa shape index (κ1) is 35.2. The van der Waals surface area contributed by atoms with Crippen LogP contribution in [0.1, 0.15) is 91.4 Å². The molecular formula is C35H49N5O6. The molecule has 2 aliphatic heterocycles. The Bertz CT molecular complexity index is 1490. The largest absolute Gasteiger partial charge is 0.451 e. The Morgan fingerprint density at radius 1 is 1.15 bits per heavy atom. The van der Waals surface area contributed by atoms with Gasteiger partial charge in [-0.2, -0.15) is 0 Å². The molecule has 0 saturated carbocycles. The van der Waals surface area contributed by atoms with Crippen LogP contribution in [-0.2, 0) is 28.7 Å². The highest BCUT2D eigenvalue weighted by molar-refractivity contribution is 5.91. The van der Waals surface area contributed by atoms with Gasteiger partial charge in [-0.05, 0) is 83.9 Å². The van der Waals surface area contributed by atoms with E-state index in [1.807, 2.05) is 63.3 Å². The number of ketones is 1. The SMILES string of the molecule is CC(=O)[C@@H]1CCCN(C(=O)[C@H](C)NC(=O)[C@@H](OC(=O)[C@@]2(/C=C/c3ccc4ccc([C@@H](C)N)nc4c3)CCOC(C)(C)C2)C(C)C)N1. The van der Waals surface area contributed by atoms with Crippen LogP contribution in [0.15, 0.2) is 36.4 Å². The fourth-order valence-electron chi connectivity index (χ4n) is 6.11. The lowest BCUT2D eigenvalue weighted by atomic mass is 9.73. The van der Waals surface area contributed by atoms with Crippen LogP contribution < -0.4 is 16.5 Å². The summed E-state index contributed by atoms with van der Waals surface area (Å²) in [6.07, 6.45) is 4.70. The first-order valence-electron chi connectivity index (χ1n) is 16.2. The Balaban J connectivity index is 1.53. The van der Waals surface area contributed by atoms with Crippen molar-refractivity contribution in [3.63, 3.8) is 0 Å². The van der Waals surface area contributed by atoms with Crippen molar-refractivity contribution in [1.29, 1.82) is 0 Å². The number of pyridine rings is 1. The monoisotopic (exact) mass is 635 g/mol. The molecule has 11 nitrogen and oxygen atoms in total. The fourth-order valence-corrected chi connectivity index (χ4v) is 6.11. The van der Waals surface area contributed by atoms with Gasteiger partial charge in [-0.15, -0.1) is 0 Å². The minimum atomic E-state index is -1.13. The molecule has 46 heavy (non-hydrogen) atoms. The van der Waals surface area contributed by atoms with E-state index < -0.39 is 41.1 Å². The number of benzene rings is 1. The molecule has 1 aromatic carbocycles. The predicted molar refractivity (Wildman–Crippen MR) is 176 cm³/mol. The fraction of sp³-hybridized carbons (Fsp3) is 0.571. The number of ether oxygens (including phenoxy) is 2. The summed E-state index contributed by atoms with van der Waals surface area (Å²) in [4.78, 5) is 57.3. The number of nitrogens with two attached hydrogens (primary N) is 1. The molecular weight excluding hydrogens is 586 g/mol. The molecule has 2 aromatic rings. The highest BCUT2D eigenvalue weighted by atomic mass is 16.6. The lowest BCUT2D eigenvalue weighted by Gasteiger charge is -2.42. The van der Waals surface area contributed by atoms with Crippen molar-refractivity contribution in [2.24, 2.45) is 17.1 Å². The summed E-state index contributed by atoms with van der Waals surface area (Å²) < 4.78 is 12.0. The lowest BCUT2D eigenvalue weighted by molar-refractivity contribution is -0.177. The van der Waals surface area contributed by atoms with E-state index in [2.05, 4.69) is 10.7 Å². The Morgan fingerprint density at radius 3 is 2.52 bits per heavy atom. The molecule has 250 valence electrons. The number of aromatic nitrogens is 1. The summed E-state index contributed by atoms with van der Waals surface area (Å²) >= 11 is 0. The second-order valence-electron chi connectivity index (χ2n) is 13.7. The number of hydrogen-bond donors (Lipinski definition) is 3. The first-order chi connectivity index (χ1) is 21.6. The minimum Gasteiger partial charge on any atom is -0.451 e. The highest BCUT2D eigenvalue weighted by Gasteiger charge is 2.47. The van der Waals surface area contributed by atoms with E-state index in [0.29, 0.717) is 38.8 Å². The molecule has 3 heterocycles. The number of carbonyl (C=O) groups is 4. The molecule has 1 aromatic heterocycles. The van der Waals surface area contributed by atoms with Gasteiger partial charge in [0.05, 0.1) is 28.3 Å². The van der Waals surface area contributed by atoms with Crippen molar-refractivity contribution < 1.29 is 28.7 Å². The average molecular weight is 636 g/mol. The second-order valence-corrected chi connectivity index (χ2v) is 13.7. The normalized spacial score (nSPS) is 23.6. The van der Waals surface area contributed by atoms with Gasteiger partial charge in [0.2, 0.25) is 0 Å². The van der Waals surface area contributed by atoms with Gasteiger partial charge in [0, 0.05) is 24.6 Å². The third kappa shape index (κ3) is 8.37. The standard InChI is InChI=1S/C35H49N5O6/c1-21(2)30(31(42)37-23(4)32(43)40-17-8-9-28(39-40)24(5)41)46-33(44)35(16-18-45-34(6,7)20-35)15-14-25-10-11-26-12-13-27(22(3)36)38-29(26)19-25/h10-15,19,21-23,28,30,39H,8-9,16-18,20,36H2,1-7H3,(H,37,42)/b15-14+/t22-,23+,28+,30+,35+/m1/s1. The zero-order valence-electron chi connectivity index (χ0n) is 28.1. The summed E-state index contributed by atoms with van der Waals surface area (Å²) in [7, 11) is 0. The van der Waals surface area contributed by atoms with E-state index in [0.717, 1.165) is 22.2 Å². The maximum atomic E-state index is 14.1. The molecule has 4 rings (SSSR count). The molecule has 2 aliphatic rings. The van der Waals surface area contributed by atoms with Crippen LogP contribution in [0.25, 0.3) is 17.0 Å². The molecule has 0 unspecified atom stereocenters. The highest BCUT2D eigenvalue weighted by Crippen LogP contribution is 2.42. The van der Waals surface area contributed by atoms with Gasteiger partial charge in [0.1, 0.15) is 11.8 Å². The third-order valence-corrected chi connectivity index (χ3v) is 8.76. The number of nitrogens with zero attached hydrogens (tertiary/aromatic N) is 2. The van der Waals surface area contributed by atoms with E-state index in [1.54, 1.807) is 20.8 Å². The zero-order chi connectivity index (χ0) is 33.8. The minimum absolute atomic E-state index is 0.0482. The van der Waals surface area contributed by atoms with Crippen molar-refractivity contribution in [3.8, 4) is 0 Å². The van der Waals surface area contributed by atoms with Gasteiger partial charge >= 0.3 is 5.97 Å². The topological polar surface area (TPSA) is 153 Å². The van der Waals surface area contributed by atoms with E-state index >= 15 is 0 Å². The molecule has 5 atom stereocenters. The van der Waals surface area contributed by atoms with Gasteiger partial charge in [-0.3, -0.25) is 29.2 Å². The Kier molecular flexibility index (Phi) is 11.0. The molecule has 2 amide bonds. The Hall–Kier alpha value is -3.67. The van der Waals surface area contributed by atoms with Crippen LogP contribution in [0.2, 0.25) is 0 Å². The molecule has 0 spiro atoms. The maximum absolute atomic E-state index is 14.1. The van der Waals surface area contributed by atoms with Crippen LogP contribution >= 0.6 is 0 Å². The van der Waals surface area contributed by atoms with Gasteiger partial charge in [0.15, 0.2) is 6.10 Å². The number of hydrogen-bond acceptors (Lipinski definition) is 9. The zero-order valence-corrected chi connectivity index (χ0v) is 28.1. The number of amides is 2. The average Bonchev–Trinajstić information content (AvgIpc) is 3.00. The van der Waals surface area contributed by atoms with Crippen LogP contribution in [0.3, 0.4) is 0 Å². The van der Waals surface area contributed by atoms with Crippen molar-refractivity contribution in [3.05, 3.63) is 47.7 Å². The molecule has 0 radical (unpaired) electrons. The Labute approximate surface area is 271 Å². The molecule has 2 fully saturated rings. The van der Waals surface area contributed by atoms with E-state index in [9.17, 15) is 19.2 Å². The van der Waals surface area contributed by atoms with E-state index in [1.165, 1.54) is 11.9 Å². The maximum Gasteiger partial charge on any atom is 0.316 e. The van der Waals surface area contributed by atoms with Gasteiger partial charge in [0.25, 0.3) is 11.8 Å².